The number of methoxy groups -OCH3 is 1. The van der Waals surface area contributed by atoms with E-state index in [1.807, 2.05) is 18.2 Å². The number of nitrogens with one attached hydrogen (secondary N) is 2. The largest absolute Gasteiger partial charge is 0.497 e. The van der Waals surface area contributed by atoms with Crippen molar-refractivity contribution in [3.8, 4) is 5.75 Å². The minimum absolute atomic E-state index is 0.0910. The van der Waals surface area contributed by atoms with E-state index in [2.05, 4.69) is 27.3 Å². The third-order valence-corrected chi connectivity index (χ3v) is 4.29. The van der Waals surface area contributed by atoms with Crippen LogP contribution in [0, 0.1) is 0 Å². The number of nitrogens with zero attached hydrogens (tertiary/aromatic N) is 1. The maximum absolute atomic E-state index is 12.2. The van der Waals surface area contributed by atoms with Gasteiger partial charge in [0.1, 0.15) is 11.4 Å². The number of hydrogen-bond donors (Lipinski definition) is 2. The van der Waals surface area contributed by atoms with Crippen LogP contribution in [-0.2, 0) is 4.74 Å². The Bertz CT molecular complexity index is 634. The summed E-state index contributed by atoms with van der Waals surface area (Å²) in [7, 11) is 1.66. The van der Waals surface area contributed by atoms with Crippen LogP contribution in [0.4, 0.5) is 0 Å². The predicted octanol–water partition coefficient (Wildman–Crippen LogP) is 1.83. The Labute approximate surface area is 141 Å². The molecule has 1 aliphatic rings. The van der Waals surface area contributed by atoms with E-state index in [4.69, 9.17) is 9.47 Å². The number of carbonyl (C=O) groups is 1. The second-order valence-electron chi connectivity index (χ2n) is 5.73. The van der Waals surface area contributed by atoms with Crippen molar-refractivity contribution in [3.63, 3.8) is 0 Å². The Hall–Kier alpha value is -2.31. The van der Waals surface area contributed by atoms with Gasteiger partial charge >= 0.3 is 0 Å². The molecule has 1 aromatic heterocycles. The van der Waals surface area contributed by atoms with Crippen LogP contribution in [0.25, 0.3) is 0 Å². The van der Waals surface area contributed by atoms with Crippen molar-refractivity contribution in [2.24, 2.45) is 0 Å². The zero-order valence-corrected chi connectivity index (χ0v) is 13.8. The molecule has 0 radical (unpaired) electrons. The van der Waals surface area contributed by atoms with E-state index in [1.165, 1.54) is 0 Å². The van der Waals surface area contributed by atoms with Crippen molar-refractivity contribution >= 4 is 5.91 Å². The summed E-state index contributed by atoms with van der Waals surface area (Å²) in [6, 6.07) is 11.7. The maximum atomic E-state index is 12.2. The minimum atomic E-state index is -0.0910. The molecule has 1 fully saturated rings. The zero-order chi connectivity index (χ0) is 16.8. The lowest BCUT2D eigenvalue weighted by molar-refractivity contribution is 0.0162. The van der Waals surface area contributed by atoms with Crippen molar-refractivity contribution in [3.05, 3.63) is 53.9 Å². The molecule has 2 N–H and O–H groups in total. The second-order valence-corrected chi connectivity index (χ2v) is 5.73. The summed E-state index contributed by atoms with van der Waals surface area (Å²) in [6.07, 6.45) is 1.75. The zero-order valence-electron chi connectivity index (χ0n) is 13.8. The number of carbonyl (C=O) groups excluding carboxylic acids is 1. The second kappa shape index (κ2) is 7.99. The van der Waals surface area contributed by atoms with Crippen molar-refractivity contribution in [1.29, 1.82) is 0 Å². The van der Waals surface area contributed by atoms with Crippen molar-refractivity contribution < 1.29 is 14.3 Å². The van der Waals surface area contributed by atoms with E-state index in [0.717, 1.165) is 37.6 Å². The lowest BCUT2D eigenvalue weighted by atomic mass is 10.0. The van der Waals surface area contributed by atoms with Crippen LogP contribution >= 0.6 is 0 Å². The minimum Gasteiger partial charge on any atom is -0.497 e. The van der Waals surface area contributed by atoms with Crippen LogP contribution in [0.1, 0.15) is 22.1 Å². The average molecular weight is 329 g/mol. The number of H-pyrrole nitrogens is 1. The summed E-state index contributed by atoms with van der Waals surface area (Å²) >= 11 is 0. The molecule has 0 spiro atoms. The van der Waals surface area contributed by atoms with Crippen molar-refractivity contribution in [2.45, 2.75) is 6.04 Å². The third-order valence-electron chi connectivity index (χ3n) is 4.29. The van der Waals surface area contributed by atoms with Crippen LogP contribution < -0.4 is 10.1 Å². The average Bonchev–Trinajstić information content (AvgIpc) is 3.18. The van der Waals surface area contributed by atoms with Gasteiger partial charge in [-0.25, -0.2) is 0 Å². The molecule has 2 heterocycles. The van der Waals surface area contributed by atoms with Gasteiger partial charge in [-0.3, -0.25) is 9.69 Å². The fourth-order valence-corrected chi connectivity index (χ4v) is 2.93. The molecule has 3 rings (SSSR count). The van der Waals surface area contributed by atoms with Crippen molar-refractivity contribution in [1.82, 2.24) is 15.2 Å². The van der Waals surface area contributed by atoms with E-state index >= 15 is 0 Å². The molecule has 0 unspecified atom stereocenters. The van der Waals surface area contributed by atoms with Gasteiger partial charge in [-0.15, -0.1) is 0 Å². The highest BCUT2D eigenvalue weighted by Crippen LogP contribution is 2.23. The summed E-state index contributed by atoms with van der Waals surface area (Å²) in [5.41, 5.74) is 1.73. The molecule has 1 saturated heterocycles. The molecule has 6 heteroatoms. The maximum Gasteiger partial charge on any atom is 0.267 e. The number of amides is 1. The predicted molar refractivity (Wildman–Crippen MR) is 91.3 cm³/mol. The molecule has 1 atom stereocenters. The molecule has 1 aliphatic heterocycles. The van der Waals surface area contributed by atoms with Crippen LogP contribution in [0.15, 0.2) is 42.6 Å². The first kappa shape index (κ1) is 16.5. The van der Waals surface area contributed by atoms with Crippen LogP contribution in [-0.4, -0.2) is 55.7 Å². The fraction of sp³-hybridized carbons (Fsp3) is 0.389. The number of morpholine rings is 1. The van der Waals surface area contributed by atoms with Crippen LogP contribution in [0.5, 0.6) is 5.75 Å². The molecular weight excluding hydrogens is 306 g/mol. The topological polar surface area (TPSA) is 66.6 Å². The SMILES string of the molecule is COc1ccc([C@H](CNC(=O)c2ccc[nH]2)N2CCOCC2)cc1. The number of aromatic amines is 1. The van der Waals surface area contributed by atoms with Gasteiger partial charge in [0.15, 0.2) is 0 Å². The first-order chi connectivity index (χ1) is 11.8. The molecular formula is C18H23N3O3. The van der Waals surface area contributed by atoms with E-state index in [1.54, 1.807) is 19.4 Å². The van der Waals surface area contributed by atoms with Gasteiger partial charge in [-0.1, -0.05) is 12.1 Å². The van der Waals surface area contributed by atoms with E-state index in [0.29, 0.717) is 12.2 Å². The smallest absolute Gasteiger partial charge is 0.267 e. The fourth-order valence-electron chi connectivity index (χ4n) is 2.93. The molecule has 0 bridgehead atoms. The number of aromatic nitrogens is 1. The highest BCUT2D eigenvalue weighted by molar-refractivity contribution is 5.92. The lowest BCUT2D eigenvalue weighted by Crippen LogP contribution is -2.43. The van der Waals surface area contributed by atoms with Gasteiger partial charge in [-0.2, -0.15) is 0 Å². The van der Waals surface area contributed by atoms with E-state index in [9.17, 15) is 4.79 Å². The number of ether oxygens (including phenoxy) is 2. The Morgan fingerprint density at radius 3 is 2.67 bits per heavy atom. The number of benzene rings is 1. The molecule has 0 saturated carbocycles. The van der Waals surface area contributed by atoms with Gasteiger partial charge in [0, 0.05) is 25.8 Å². The standard InChI is InChI=1S/C18H23N3O3/c1-23-15-6-4-14(5-7-15)17(21-9-11-24-12-10-21)13-20-18(22)16-3-2-8-19-16/h2-8,17,19H,9-13H2,1H3,(H,20,22)/t17-/m0/s1. The first-order valence-corrected chi connectivity index (χ1v) is 8.15. The summed E-state index contributed by atoms with van der Waals surface area (Å²) in [6.45, 7) is 3.70. The number of rotatable bonds is 6. The Balaban J connectivity index is 1.72. The third kappa shape index (κ3) is 3.96. The summed E-state index contributed by atoms with van der Waals surface area (Å²) < 4.78 is 10.7. The molecule has 2 aromatic rings. The van der Waals surface area contributed by atoms with E-state index < -0.39 is 0 Å². The molecule has 24 heavy (non-hydrogen) atoms. The normalized spacial score (nSPS) is 16.5. The molecule has 6 nitrogen and oxygen atoms in total. The van der Waals surface area contributed by atoms with Gasteiger partial charge in [0.25, 0.3) is 5.91 Å². The summed E-state index contributed by atoms with van der Waals surface area (Å²) in [5, 5.41) is 3.03. The van der Waals surface area contributed by atoms with Gasteiger partial charge in [0.2, 0.25) is 0 Å². The van der Waals surface area contributed by atoms with Gasteiger partial charge in [-0.05, 0) is 29.8 Å². The van der Waals surface area contributed by atoms with Crippen molar-refractivity contribution in [2.75, 3.05) is 40.0 Å². The quantitative estimate of drug-likeness (QED) is 0.848. The highest BCUT2D eigenvalue weighted by Gasteiger charge is 2.23. The first-order valence-electron chi connectivity index (χ1n) is 8.15. The molecule has 0 aliphatic carbocycles. The highest BCUT2D eigenvalue weighted by atomic mass is 16.5. The Morgan fingerprint density at radius 1 is 1.29 bits per heavy atom. The summed E-state index contributed by atoms with van der Waals surface area (Å²) in [4.78, 5) is 17.5. The van der Waals surface area contributed by atoms with Gasteiger partial charge < -0.3 is 19.8 Å². The molecule has 128 valence electrons. The summed E-state index contributed by atoms with van der Waals surface area (Å²) in [5.74, 6) is 0.738. The Kier molecular flexibility index (Phi) is 5.51. The van der Waals surface area contributed by atoms with E-state index in [-0.39, 0.29) is 11.9 Å². The number of hydrogen-bond acceptors (Lipinski definition) is 4. The lowest BCUT2D eigenvalue weighted by Gasteiger charge is -2.35. The molecule has 1 amide bonds. The van der Waals surface area contributed by atoms with Crippen LogP contribution in [0.3, 0.4) is 0 Å². The van der Waals surface area contributed by atoms with Crippen LogP contribution in [0.2, 0.25) is 0 Å². The van der Waals surface area contributed by atoms with Gasteiger partial charge in [0.05, 0.1) is 26.4 Å². The Morgan fingerprint density at radius 2 is 2.04 bits per heavy atom. The monoisotopic (exact) mass is 329 g/mol. The molecule has 1 aromatic carbocycles.